The van der Waals surface area contributed by atoms with Gasteiger partial charge in [-0.05, 0) is 25.0 Å². The van der Waals surface area contributed by atoms with Gasteiger partial charge in [0.2, 0.25) is 15.9 Å². The number of piperidine rings is 1. The molecule has 0 aliphatic carbocycles. The fourth-order valence-corrected chi connectivity index (χ4v) is 4.37. The lowest BCUT2D eigenvalue weighted by molar-refractivity contribution is -0.126. The molecule has 3 N–H and O–H groups in total. The molecule has 1 atom stereocenters. The molecule has 1 saturated heterocycles. The Morgan fingerprint density at radius 2 is 2.12 bits per heavy atom. The first-order valence-electron chi connectivity index (χ1n) is 7.61. The summed E-state index contributed by atoms with van der Waals surface area (Å²) in [5.41, 5.74) is 5.38. The second-order valence-corrected chi connectivity index (χ2v) is 7.34. The second-order valence-electron chi connectivity index (χ2n) is 5.43. The number of nitrogens with one attached hydrogen (secondary N) is 1. The molecule has 1 aliphatic rings. The molecule has 1 amide bonds. The third kappa shape index (κ3) is 4.60. The van der Waals surface area contributed by atoms with Crippen molar-refractivity contribution in [1.82, 2.24) is 9.62 Å². The Kier molecular flexibility index (Phi) is 7.95. The van der Waals surface area contributed by atoms with Crippen LogP contribution < -0.4 is 15.8 Å². The maximum atomic E-state index is 12.8. The third-order valence-electron chi connectivity index (χ3n) is 3.89. The number of rotatable bonds is 6. The van der Waals surface area contributed by atoms with E-state index in [4.69, 9.17) is 10.5 Å². The van der Waals surface area contributed by atoms with Gasteiger partial charge in [-0.25, -0.2) is 8.42 Å². The average molecular weight is 378 g/mol. The van der Waals surface area contributed by atoms with Crippen LogP contribution in [0.3, 0.4) is 0 Å². The molecule has 0 saturated carbocycles. The van der Waals surface area contributed by atoms with Gasteiger partial charge in [0.05, 0.1) is 13.0 Å². The van der Waals surface area contributed by atoms with Crippen LogP contribution in [0.25, 0.3) is 0 Å². The molecule has 1 unspecified atom stereocenters. The first kappa shape index (κ1) is 20.7. The molecular formula is C15H24ClN3O4S. The minimum absolute atomic E-state index is 0. The van der Waals surface area contributed by atoms with Crippen LogP contribution in [0.15, 0.2) is 29.2 Å². The lowest BCUT2D eigenvalue weighted by Crippen LogP contribution is -2.46. The Labute approximate surface area is 149 Å². The van der Waals surface area contributed by atoms with Crippen molar-refractivity contribution >= 4 is 28.3 Å². The molecule has 0 radical (unpaired) electrons. The van der Waals surface area contributed by atoms with Crippen molar-refractivity contribution in [2.24, 2.45) is 11.7 Å². The first-order valence-corrected chi connectivity index (χ1v) is 9.05. The van der Waals surface area contributed by atoms with E-state index in [2.05, 4.69) is 5.32 Å². The minimum Gasteiger partial charge on any atom is -0.495 e. The smallest absolute Gasteiger partial charge is 0.246 e. The third-order valence-corrected chi connectivity index (χ3v) is 5.79. The predicted octanol–water partition coefficient (Wildman–Crippen LogP) is 0.593. The van der Waals surface area contributed by atoms with Crippen molar-refractivity contribution in [3.8, 4) is 5.75 Å². The van der Waals surface area contributed by atoms with E-state index < -0.39 is 10.0 Å². The molecule has 1 fully saturated rings. The van der Waals surface area contributed by atoms with Gasteiger partial charge < -0.3 is 15.8 Å². The predicted molar refractivity (Wildman–Crippen MR) is 93.8 cm³/mol. The zero-order valence-electron chi connectivity index (χ0n) is 13.6. The van der Waals surface area contributed by atoms with Crippen LogP contribution >= 0.6 is 12.4 Å². The number of halogens is 1. The molecule has 9 heteroatoms. The zero-order valence-corrected chi connectivity index (χ0v) is 15.2. The Balaban J connectivity index is 0.00000288. The summed E-state index contributed by atoms with van der Waals surface area (Å²) < 4.78 is 32.2. The maximum Gasteiger partial charge on any atom is 0.246 e. The quantitative estimate of drug-likeness (QED) is 0.755. The summed E-state index contributed by atoms with van der Waals surface area (Å²) in [6.07, 6.45) is 1.32. The van der Waals surface area contributed by atoms with E-state index in [1.807, 2.05) is 0 Å². The van der Waals surface area contributed by atoms with Crippen molar-refractivity contribution in [3.63, 3.8) is 0 Å². The molecule has 7 nitrogen and oxygen atoms in total. The summed E-state index contributed by atoms with van der Waals surface area (Å²) >= 11 is 0. The fourth-order valence-electron chi connectivity index (χ4n) is 2.69. The molecule has 1 aromatic rings. The summed E-state index contributed by atoms with van der Waals surface area (Å²) in [6, 6.07) is 6.51. The average Bonchev–Trinajstić information content (AvgIpc) is 2.59. The van der Waals surface area contributed by atoms with E-state index in [0.29, 0.717) is 38.2 Å². The first-order chi connectivity index (χ1) is 11.0. The standard InChI is InChI=1S/C15H23N3O4S.ClH/c1-22-13-6-2-3-7-14(13)23(20,21)18-10-4-5-12(11-18)15(19)17-9-8-16;/h2-3,6-7,12H,4-5,8-11,16H2,1H3,(H,17,19);1H. The van der Waals surface area contributed by atoms with Crippen LogP contribution in [-0.2, 0) is 14.8 Å². The number of ether oxygens (including phenoxy) is 1. The molecule has 0 bridgehead atoms. The summed E-state index contributed by atoms with van der Waals surface area (Å²) in [4.78, 5) is 12.2. The maximum absolute atomic E-state index is 12.8. The van der Waals surface area contributed by atoms with E-state index in [-0.39, 0.29) is 35.7 Å². The SMILES string of the molecule is COc1ccccc1S(=O)(=O)N1CCCC(C(=O)NCCN)C1.Cl. The van der Waals surface area contributed by atoms with Gasteiger partial charge >= 0.3 is 0 Å². The van der Waals surface area contributed by atoms with E-state index in [9.17, 15) is 13.2 Å². The van der Waals surface area contributed by atoms with Crippen LogP contribution in [0.2, 0.25) is 0 Å². The minimum atomic E-state index is -3.69. The van der Waals surface area contributed by atoms with Crippen molar-refractivity contribution in [2.75, 3.05) is 33.3 Å². The van der Waals surface area contributed by atoms with Crippen LogP contribution in [0.4, 0.5) is 0 Å². The molecular weight excluding hydrogens is 354 g/mol. The van der Waals surface area contributed by atoms with E-state index in [0.717, 1.165) is 0 Å². The number of para-hydroxylation sites is 1. The molecule has 24 heavy (non-hydrogen) atoms. The largest absolute Gasteiger partial charge is 0.495 e. The van der Waals surface area contributed by atoms with E-state index in [1.54, 1.807) is 18.2 Å². The highest BCUT2D eigenvalue weighted by Crippen LogP contribution is 2.29. The highest BCUT2D eigenvalue weighted by Gasteiger charge is 2.34. The lowest BCUT2D eigenvalue weighted by atomic mass is 9.99. The number of nitrogens with two attached hydrogens (primary N) is 1. The summed E-state index contributed by atoms with van der Waals surface area (Å²) in [5.74, 6) is -0.183. The van der Waals surface area contributed by atoms with Gasteiger partial charge in [0.1, 0.15) is 10.6 Å². The van der Waals surface area contributed by atoms with Gasteiger partial charge in [-0.2, -0.15) is 4.31 Å². The van der Waals surface area contributed by atoms with Gasteiger partial charge in [0, 0.05) is 26.2 Å². The van der Waals surface area contributed by atoms with Gasteiger partial charge in [0.15, 0.2) is 0 Å². The van der Waals surface area contributed by atoms with Crippen LogP contribution in [0, 0.1) is 5.92 Å². The Bertz CT molecular complexity index is 654. The van der Waals surface area contributed by atoms with Crippen molar-refractivity contribution in [3.05, 3.63) is 24.3 Å². The number of benzene rings is 1. The van der Waals surface area contributed by atoms with Crippen molar-refractivity contribution in [2.45, 2.75) is 17.7 Å². The number of nitrogens with zero attached hydrogens (tertiary/aromatic N) is 1. The van der Waals surface area contributed by atoms with Crippen molar-refractivity contribution in [1.29, 1.82) is 0 Å². The zero-order chi connectivity index (χ0) is 16.9. The number of hydrogen-bond acceptors (Lipinski definition) is 5. The van der Waals surface area contributed by atoms with Gasteiger partial charge in [-0.1, -0.05) is 12.1 Å². The number of sulfonamides is 1. The number of amides is 1. The van der Waals surface area contributed by atoms with Crippen LogP contribution in [-0.4, -0.2) is 51.9 Å². The normalized spacial score (nSPS) is 18.5. The van der Waals surface area contributed by atoms with Crippen LogP contribution in [0.5, 0.6) is 5.75 Å². The van der Waals surface area contributed by atoms with Gasteiger partial charge in [-0.3, -0.25) is 4.79 Å². The lowest BCUT2D eigenvalue weighted by Gasteiger charge is -2.31. The molecule has 1 heterocycles. The highest BCUT2D eigenvalue weighted by molar-refractivity contribution is 7.89. The number of methoxy groups -OCH3 is 1. The Morgan fingerprint density at radius 3 is 2.79 bits per heavy atom. The fraction of sp³-hybridized carbons (Fsp3) is 0.533. The molecule has 1 aliphatic heterocycles. The highest BCUT2D eigenvalue weighted by atomic mass is 35.5. The van der Waals surface area contributed by atoms with Gasteiger partial charge in [-0.15, -0.1) is 12.4 Å². The Hall–Kier alpha value is -1.35. The molecule has 0 aromatic heterocycles. The van der Waals surface area contributed by atoms with E-state index in [1.165, 1.54) is 17.5 Å². The molecule has 1 aromatic carbocycles. The Morgan fingerprint density at radius 1 is 1.42 bits per heavy atom. The van der Waals surface area contributed by atoms with Crippen LogP contribution in [0.1, 0.15) is 12.8 Å². The number of carbonyl (C=O) groups is 1. The van der Waals surface area contributed by atoms with E-state index >= 15 is 0 Å². The molecule has 2 rings (SSSR count). The molecule has 0 spiro atoms. The summed E-state index contributed by atoms with van der Waals surface area (Å²) in [5, 5.41) is 2.73. The van der Waals surface area contributed by atoms with Gasteiger partial charge in [0.25, 0.3) is 0 Å². The molecule has 136 valence electrons. The topological polar surface area (TPSA) is 102 Å². The number of carbonyl (C=O) groups excluding carboxylic acids is 1. The second kappa shape index (κ2) is 9.22. The summed E-state index contributed by atoms with van der Waals surface area (Å²) in [6.45, 7) is 1.34. The monoisotopic (exact) mass is 377 g/mol. The van der Waals surface area contributed by atoms with Crippen molar-refractivity contribution < 1.29 is 17.9 Å². The summed E-state index contributed by atoms with van der Waals surface area (Å²) in [7, 11) is -2.25. The number of hydrogen-bond donors (Lipinski definition) is 2.